The second-order valence-electron chi connectivity index (χ2n) is 5.97. The third-order valence-corrected chi connectivity index (χ3v) is 4.75. The molecule has 2 fully saturated rings. The minimum Gasteiger partial charge on any atom is -0.504 e. The minimum absolute atomic E-state index is 0.0884. The maximum Gasteiger partial charge on any atom is 0.163 e. The van der Waals surface area contributed by atoms with E-state index in [1.807, 2.05) is 0 Å². The number of piperazine rings is 1. The van der Waals surface area contributed by atoms with E-state index in [0.717, 1.165) is 39.0 Å². The number of nitrogens with zero attached hydrogens (tertiary/aromatic N) is 1. The summed E-state index contributed by atoms with van der Waals surface area (Å²) in [5.74, 6) is 0.471. The minimum atomic E-state index is -0.348. The number of hydrogen-bond donors (Lipinski definition) is 2. The first kappa shape index (κ1) is 14.6. The van der Waals surface area contributed by atoms with Gasteiger partial charge in [-0.2, -0.15) is 0 Å². The lowest BCUT2D eigenvalue weighted by atomic mass is 9.76. The molecule has 0 aromatic heterocycles. The van der Waals surface area contributed by atoms with Gasteiger partial charge in [0.2, 0.25) is 0 Å². The van der Waals surface area contributed by atoms with Crippen LogP contribution in [-0.2, 0) is 0 Å². The van der Waals surface area contributed by atoms with Crippen LogP contribution in [0.1, 0.15) is 30.9 Å². The third kappa shape index (κ3) is 2.85. The van der Waals surface area contributed by atoms with Gasteiger partial charge in [0, 0.05) is 43.9 Å². The zero-order chi connectivity index (χ0) is 14.8. The highest BCUT2D eigenvalue weighted by atomic mass is 19.1. The van der Waals surface area contributed by atoms with Crippen LogP contribution < -0.4 is 10.1 Å². The van der Waals surface area contributed by atoms with Crippen molar-refractivity contribution in [2.45, 2.75) is 25.3 Å². The number of hydrogen-bond acceptors (Lipinski definition) is 4. The monoisotopic (exact) mass is 294 g/mol. The smallest absolute Gasteiger partial charge is 0.163 e. The van der Waals surface area contributed by atoms with E-state index < -0.39 is 0 Å². The van der Waals surface area contributed by atoms with E-state index in [0.29, 0.717) is 11.5 Å². The van der Waals surface area contributed by atoms with Crippen LogP contribution in [0.15, 0.2) is 12.1 Å². The molecule has 5 heteroatoms. The molecule has 1 aromatic rings. The first-order chi connectivity index (χ1) is 10.2. The Kier molecular flexibility index (Phi) is 4.31. The Hall–Kier alpha value is -1.33. The molecule has 1 aliphatic heterocycles. The molecule has 2 aliphatic rings. The number of methoxy groups -OCH3 is 1. The molecule has 1 saturated carbocycles. The van der Waals surface area contributed by atoms with Crippen LogP contribution in [0.5, 0.6) is 11.5 Å². The summed E-state index contributed by atoms with van der Waals surface area (Å²) < 4.78 is 19.0. The molecule has 116 valence electrons. The standard InChI is InChI=1S/C16H23FN2O2/c1-21-14-10-12(17)9-13(16(14)20)15(11-3-2-4-11)19-7-5-18-6-8-19/h9-11,15,18,20H,2-8H2,1H3/t15-/m0/s1. The van der Waals surface area contributed by atoms with Crippen LogP contribution in [-0.4, -0.2) is 43.3 Å². The lowest BCUT2D eigenvalue weighted by molar-refractivity contribution is 0.0814. The molecule has 4 nitrogen and oxygen atoms in total. The predicted molar refractivity (Wildman–Crippen MR) is 79.1 cm³/mol. The number of phenols is 1. The van der Waals surface area contributed by atoms with Crippen LogP contribution in [0.4, 0.5) is 4.39 Å². The van der Waals surface area contributed by atoms with Gasteiger partial charge in [0.05, 0.1) is 7.11 Å². The zero-order valence-corrected chi connectivity index (χ0v) is 12.4. The van der Waals surface area contributed by atoms with Crippen molar-refractivity contribution < 1.29 is 14.2 Å². The first-order valence-corrected chi connectivity index (χ1v) is 7.72. The first-order valence-electron chi connectivity index (χ1n) is 7.72. The van der Waals surface area contributed by atoms with Gasteiger partial charge in [0.25, 0.3) is 0 Å². The molecule has 21 heavy (non-hydrogen) atoms. The van der Waals surface area contributed by atoms with Gasteiger partial charge in [-0.05, 0) is 24.8 Å². The van der Waals surface area contributed by atoms with Gasteiger partial charge in [0.1, 0.15) is 5.82 Å². The number of rotatable bonds is 4. The zero-order valence-electron chi connectivity index (χ0n) is 12.4. The van der Waals surface area contributed by atoms with E-state index in [1.165, 1.54) is 25.7 Å². The molecule has 1 heterocycles. The topological polar surface area (TPSA) is 44.7 Å². The highest BCUT2D eigenvalue weighted by Gasteiger charge is 2.36. The van der Waals surface area contributed by atoms with Crippen molar-refractivity contribution in [3.8, 4) is 11.5 Å². The summed E-state index contributed by atoms with van der Waals surface area (Å²) in [5, 5.41) is 13.8. The summed E-state index contributed by atoms with van der Waals surface area (Å²) >= 11 is 0. The molecule has 0 unspecified atom stereocenters. The Morgan fingerprint density at radius 2 is 2.05 bits per heavy atom. The van der Waals surface area contributed by atoms with E-state index >= 15 is 0 Å². The number of phenolic OH excluding ortho intramolecular Hbond substituents is 1. The Bertz CT molecular complexity index is 499. The number of nitrogens with one attached hydrogen (secondary N) is 1. The molecule has 0 amide bonds. The molecule has 1 saturated heterocycles. The quantitative estimate of drug-likeness (QED) is 0.894. The molecule has 2 N–H and O–H groups in total. The summed E-state index contributed by atoms with van der Waals surface area (Å²) in [4.78, 5) is 2.37. The Balaban J connectivity index is 1.97. The Morgan fingerprint density at radius 1 is 1.33 bits per heavy atom. The lowest BCUT2D eigenvalue weighted by Gasteiger charge is -2.43. The fourth-order valence-electron chi connectivity index (χ4n) is 3.44. The third-order valence-electron chi connectivity index (χ3n) is 4.75. The lowest BCUT2D eigenvalue weighted by Crippen LogP contribution is -2.47. The maximum absolute atomic E-state index is 13.9. The van der Waals surface area contributed by atoms with Gasteiger partial charge >= 0.3 is 0 Å². The van der Waals surface area contributed by atoms with Crippen LogP contribution in [0.3, 0.4) is 0 Å². The summed E-state index contributed by atoms with van der Waals surface area (Å²) in [5.41, 5.74) is 0.679. The van der Waals surface area contributed by atoms with Crippen molar-refractivity contribution in [2.75, 3.05) is 33.3 Å². The average Bonchev–Trinajstić information content (AvgIpc) is 2.46. The summed E-state index contributed by atoms with van der Waals surface area (Å²) in [6.45, 7) is 3.74. The SMILES string of the molecule is COc1cc(F)cc([C@H](C2CCC2)N2CCNCC2)c1O. The van der Waals surface area contributed by atoms with Crippen molar-refractivity contribution in [2.24, 2.45) is 5.92 Å². The normalized spacial score (nSPS) is 21.8. The molecule has 0 spiro atoms. The molecule has 3 rings (SSSR count). The maximum atomic E-state index is 13.9. The van der Waals surface area contributed by atoms with Gasteiger partial charge in [-0.15, -0.1) is 0 Å². The molecule has 1 aliphatic carbocycles. The predicted octanol–water partition coefficient (Wildman–Crippen LogP) is 2.29. The molecule has 1 aromatic carbocycles. The average molecular weight is 294 g/mol. The molecule has 1 atom stereocenters. The Labute approximate surface area is 124 Å². The van der Waals surface area contributed by atoms with Gasteiger partial charge in [0.15, 0.2) is 11.5 Å². The summed E-state index contributed by atoms with van der Waals surface area (Å²) in [6, 6.07) is 2.81. The van der Waals surface area contributed by atoms with E-state index in [-0.39, 0.29) is 23.4 Å². The molecule has 0 bridgehead atoms. The van der Waals surface area contributed by atoms with Gasteiger partial charge in [-0.1, -0.05) is 6.42 Å². The van der Waals surface area contributed by atoms with Gasteiger partial charge < -0.3 is 15.2 Å². The Morgan fingerprint density at radius 3 is 2.62 bits per heavy atom. The van der Waals surface area contributed by atoms with Crippen LogP contribution in [0.25, 0.3) is 0 Å². The van der Waals surface area contributed by atoms with E-state index in [4.69, 9.17) is 4.74 Å². The highest BCUT2D eigenvalue weighted by Crippen LogP contribution is 2.46. The number of ether oxygens (including phenoxy) is 1. The van der Waals surface area contributed by atoms with Crippen molar-refractivity contribution in [1.29, 1.82) is 0 Å². The number of halogens is 1. The van der Waals surface area contributed by atoms with Crippen LogP contribution in [0, 0.1) is 11.7 Å². The molecule has 0 radical (unpaired) electrons. The van der Waals surface area contributed by atoms with E-state index in [9.17, 15) is 9.50 Å². The van der Waals surface area contributed by atoms with Crippen molar-refractivity contribution in [1.82, 2.24) is 10.2 Å². The summed E-state index contributed by atoms with van der Waals surface area (Å²) in [6.07, 6.45) is 3.51. The second kappa shape index (κ2) is 6.20. The van der Waals surface area contributed by atoms with Crippen molar-refractivity contribution >= 4 is 0 Å². The van der Waals surface area contributed by atoms with E-state index in [1.54, 1.807) is 0 Å². The molecular formula is C16H23FN2O2. The van der Waals surface area contributed by atoms with E-state index in [2.05, 4.69) is 10.2 Å². The fraction of sp³-hybridized carbons (Fsp3) is 0.625. The summed E-state index contributed by atoms with van der Waals surface area (Å²) in [7, 11) is 1.46. The fourth-order valence-corrected chi connectivity index (χ4v) is 3.44. The number of benzene rings is 1. The van der Waals surface area contributed by atoms with Crippen LogP contribution >= 0.6 is 0 Å². The van der Waals surface area contributed by atoms with Gasteiger partial charge in [-0.3, -0.25) is 4.90 Å². The highest BCUT2D eigenvalue weighted by molar-refractivity contribution is 5.47. The second-order valence-corrected chi connectivity index (χ2v) is 5.97. The number of aromatic hydroxyl groups is 1. The van der Waals surface area contributed by atoms with Gasteiger partial charge in [-0.25, -0.2) is 4.39 Å². The molecular weight excluding hydrogens is 271 g/mol. The van der Waals surface area contributed by atoms with Crippen LogP contribution in [0.2, 0.25) is 0 Å². The van der Waals surface area contributed by atoms with Crippen molar-refractivity contribution in [3.63, 3.8) is 0 Å². The largest absolute Gasteiger partial charge is 0.504 e. The van der Waals surface area contributed by atoms with Crippen molar-refractivity contribution in [3.05, 3.63) is 23.5 Å².